The molecule has 0 aliphatic rings. The Balaban J connectivity index is 1.58. The predicted octanol–water partition coefficient (Wildman–Crippen LogP) is 7.74. The van der Waals surface area contributed by atoms with Crippen molar-refractivity contribution in [2.24, 2.45) is 0 Å². The van der Waals surface area contributed by atoms with Crippen molar-refractivity contribution < 1.29 is 9.53 Å². The lowest BCUT2D eigenvalue weighted by molar-refractivity contribution is 0.0600. The van der Waals surface area contributed by atoms with E-state index in [2.05, 4.69) is 60.0 Å². The van der Waals surface area contributed by atoms with E-state index in [1.54, 1.807) is 17.8 Å². The molecule has 1 aromatic heterocycles. The second-order valence-electron chi connectivity index (χ2n) is 7.97. The minimum absolute atomic E-state index is 0.334. The first-order valence-electron chi connectivity index (χ1n) is 10.7. The Bertz CT molecular complexity index is 1510. The van der Waals surface area contributed by atoms with Crippen LogP contribution in [0.3, 0.4) is 0 Å². The second-order valence-corrected chi connectivity index (χ2v) is 9.49. The van der Waals surface area contributed by atoms with Gasteiger partial charge in [-0.3, -0.25) is 0 Å². The Morgan fingerprint density at radius 3 is 2.58 bits per heavy atom. The van der Waals surface area contributed by atoms with Crippen molar-refractivity contribution in [2.45, 2.75) is 23.3 Å². The molecule has 0 saturated heterocycles. The van der Waals surface area contributed by atoms with Gasteiger partial charge >= 0.3 is 5.97 Å². The smallest absolute Gasteiger partial charge is 0.337 e. The van der Waals surface area contributed by atoms with Crippen molar-refractivity contribution >= 4 is 51.0 Å². The molecular formula is C28H22ClNO2S. The SMILES string of the molecule is COC(=O)c1cccc(Sc2c(C)n(Cc3ccc4ccccc4c3)c3cc(Cl)ccc23)c1. The number of fused-ring (bicyclic) bond motifs is 2. The standard InChI is InChI=1S/C28H22ClNO2S/c1-18-27(33-24-9-5-8-22(15-24)28(31)32-2)25-13-12-23(29)16-26(25)30(18)17-19-10-11-20-6-3-4-7-21(20)14-19/h3-16H,17H2,1-2H3. The van der Waals surface area contributed by atoms with Gasteiger partial charge in [0.15, 0.2) is 0 Å². The van der Waals surface area contributed by atoms with Crippen LogP contribution in [-0.4, -0.2) is 17.6 Å². The van der Waals surface area contributed by atoms with E-state index in [-0.39, 0.29) is 5.97 Å². The molecule has 164 valence electrons. The summed E-state index contributed by atoms with van der Waals surface area (Å²) < 4.78 is 7.20. The van der Waals surface area contributed by atoms with Gasteiger partial charge in [-0.1, -0.05) is 71.9 Å². The molecule has 33 heavy (non-hydrogen) atoms. The molecule has 5 rings (SSSR count). The van der Waals surface area contributed by atoms with Gasteiger partial charge in [-0.05, 0) is 59.7 Å². The Kier molecular flexibility index (Phi) is 5.88. The highest BCUT2D eigenvalue weighted by Crippen LogP contribution is 2.39. The van der Waals surface area contributed by atoms with Gasteiger partial charge in [0, 0.05) is 32.4 Å². The van der Waals surface area contributed by atoms with Gasteiger partial charge in [0.1, 0.15) is 0 Å². The summed E-state index contributed by atoms with van der Waals surface area (Å²) in [5.41, 5.74) is 4.04. The van der Waals surface area contributed by atoms with Gasteiger partial charge in [-0.25, -0.2) is 4.79 Å². The van der Waals surface area contributed by atoms with Crippen LogP contribution in [0.15, 0.2) is 94.7 Å². The van der Waals surface area contributed by atoms with E-state index in [4.69, 9.17) is 16.3 Å². The van der Waals surface area contributed by atoms with E-state index in [0.29, 0.717) is 10.6 Å². The van der Waals surface area contributed by atoms with Gasteiger partial charge < -0.3 is 9.30 Å². The summed E-state index contributed by atoms with van der Waals surface area (Å²) >= 11 is 8.05. The maximum absolute atomic E-state index is 12.0. The number of aromatic nitrogens is 1. The lowest BCUT2D eigenvalue weighted by Gasteiger charge is -2.10. The molecule has 0 unspecified atom stereocenters. The van der Waals surface area contributed by atoms with Crippen LogP contribution in [0.5, 0.6) is 0 Å². The number of hydrogen-bond acceptors (Lipinski definition) is 3. The first-order valence-corrected chi connectivity index (χ1v) is 11.8. The van der Waals surface area contributed by atoms with Crippen molar-refractivity contribution in [3.8, 4) is 0 Å². The van der Waals surface area contributed by atoms with Crippen LogP contribution in [0, 0.1) is 6.92 Å². The average Bonchev–Trinajstić information content (AvgIpc) is 3.08. The topological polar surface area (TPSA) is 31.2 Å². The Labute approximate surface area is 201 Å². The van der Waals surface area contributed by atoms with E-state index >= 15 is 0 Å². The van der Waals surface area contributed by atoms with Crippen LogP contribution in [0.25, 0.3) is 21.7 Å². The summed E-state index contributed by atoms with van der Waals surface area (Å²) in [6, 6.07) is 28.6. The largest absolute Gasteiger partial charge is 0.465 e. The van der Waals surface area contributed by atoms with Crippen molar-refractivity contribution in [2.75, 3.05) is 7.11 Å². The summed E-state index contributed by atoms with van der Waals surface area (Å²) in [6.07, 6.45) is 0. The van der Waals surface area contributed by atoms with Gasteiger partial charge in [0.25, 0.3) is 0 Å². The molecule has 3 nitrogen and oxygen atoms in total. The normalized spacial score (nSPS) is 11.2. The minimum atomic E-state index is -0.334. The molecule has 0 fully saturated rings. The van der Waals surface area contributed by atoms with Gasteiger partial charge in [0.05, 0.1) is 18.2 Å². The average molecular weight is 472 g/mol. The number of carbonyl (C=O) groups is 1. The molecule has 0 aliphatic heterocycles. The molecule has 0 atom stereocenters. The summed E-state index contributed by atoms with van der Waals surface area (Å²) in [4.78, 5) is 14.1. The number of rotatable bonds is 5. The Morgan fingerprint density at radius 2 is 1.76 bits per heavy atom. The van der Waals surface area contributed by atoms with Crippen molar-refractivity contribution in [1.82, 2.24) is 4.57 Å². The van der Waals surface area contributed by atoms with Crippen LogP contribution in [0.4, 0.5) is 0 Å². The molecule has 4 aromatic carbocycles. The van der Waals surface area contributed by atoms with E-state index in [9.17, 15) is 4.79 Å². The van der Waals surface area contributed by atoms with Crippen LogP contribution >= 0.6 is 23.4 Å². The minimum Gasteiger partial charge on any atom is -0.465 e. The summed E-state index contributed by atoms with van der Waals surface area (Å²) in [5, 5.41) is 4.33. The zero-order chi connectivity index (χ0) is 22.9. The number of esters is 1. The van der Waals surface area contributed by atoms with E-state index < -0.39 is 0 Å². The summed E-state index contributed by atoms with van der Waals surface area (Å²) in [7, 11) is 1.40. The molecule has 1 heterocycles. The third-order valence-electron chi connectivity index (χ3n) is 5.86. The fourth-order valence-electron chi connectivity index (χ4n) is 4.19. The Morgan fingerprint density at radius 1 is 0.939 bits per heavy atom. The fourth-order valence-corrected chi connectivity index (χ4v) is 5.47. The quantitative estimate of drug-likeness (QED) is 0.245. The van der Waals surface area contributed by atoms with Crippen molar-refractivity contribution in [3.63, 3.8) is 0 Å². The zero-order valence-electron chi connectivity index (χ0n) is 18.3. The predicted molar refractivity (Wildman–Crippen MR) is 137 cm³/mol. The molecule has 5 aromatic rings. The molecule has 0 radical (unpaired) electrons. The van der Waals surface area contributed by atoms with E-state index in [1.165, 1.54) is 23.4 Å². The number of nitrogens with zero attached hydrogens (tertiary/aromatic N) is 1. The highest BCUT2D eigenvalue weighted by Gasteiger charge is 2.17. The van der Waals surface area contributed by atoms with Crippen LogP contribution in [0.1, 0.15) is 21.6 Å². The monoisotopic (exact) mass is 471 g/mol. The molecule has 0 saturated carbocycles. The first-order chi connectivity index (χ1) is 16.0. The molecular weight excluding hydrogens is 450 g/mol. The molecule has 0 N–H and O–H groups in total. The molecule has 0 bridgehead atoms. The van der Waals surface area contributed by atoms with Crippen LogP contribution in [-0.2, 0) is 11.3 Å². The number of carbonyl (C=O) groups excluding carboxylic acids is 1. The van der Waals surface area contributed by atoms with Crippen LogP contribution in [0.2, 0.25) is 5.02 Å². The highest BCUT2D eigenvalue weighted by atomic mass is 35.5. The third-order valence-corrected chi connectivity index (χ3v) is 7.30. The van der Waals surface area contributed by atoms with Gasteiger partial charge in [0.2, 0.25) is 0 Å². The van der Waals surface area contributed by atoms with E-state index in [0.717, 1.165) is 32.9 Å². The maximum Gasteiger partial charge on any atom is 0.337 e. The molecule has 0 spiro atoms. The number of ether oxygens (including phenoxy) is 1. The lowest BCUT2D eigenvalue weighted by Crippen LogP contribution is -2.02. The van der Waals surface area contributed by atoms with Crippen molar-refractivity contribution in [1.29, 1.82) is 0 Å². The summed E-state index contributed by atoms with van der Waals surface area (Å²) in [6.45, 7) is 2.89. The fraction of sp³-hybridized carbons (Fsp3) is 0.107. The van der Waals surface area contributed by atoms with Gasteiger partial charge in [-0.15, -0.1) is 0 Å². The lowest BCUT2D eigenvalue weighted by atomic mass is 10.1. The van der Waals surface area contributed by atoms with Crippen LogP contribution < -0.4 is 0 Å². The molecule has 5 heteroatoms. The summed E-state index contributed by atoms with van der Waals surface area (Å²) in [5.74, 6) is -0.334. The number of halogens is 1. The number of methoxy groups -OCH3 is 1. The van der Waals surface area contributed by atoms with E-state index in [1.807, 2.05) is 30.3 Å². The first kappa shape index (κ1) is 21.6. The molecule has 0 aliphatic carbocycles. The van der Waals surface area contributed by atoms with Gasteiger partial charge in [-0.2, -0.15) is 0 Å². The third kappa shape index (κ3) is 4.24. The second kappa shape index (κ2) is 8.97. The highest BCUT2D eigenvalue weighted by molar-refractivity contribution is 7.99. The maximum atomic E-state index is 12.0. The number of benzene rings is 4. The van der Waals surface area contributed by atoms with Crippen molar-refractivity contribution in [3.05, 3.63) is 107 Å². The molecule has 0 amide bonds. The Hall–Kier alpha value is -3.21. The number of hydrogen-bond donors (Lipinski definition) is 0. The zero-order valence-corrected chi connectivity index (χ0v) is 19.9.